The summed E-state index contributed by atoms with van der Waals surface area (Å²) in [6, 6.07) is 3.56. The first-order chi connectivity index (χ1) is 12.3. The highest BCUT2D eigenvalue weighted by molar-refractivity contribution is 5.26. The topological polar surface area (TPSA) is 21.1 Å². The van der Waals surface area contributed by atoms with Crippen LogP contribution in [0.1, 0.15) is 55.6 Å². The summed E-state index contributed by atoms with van der Waals surface area (Å²) in [5, 5.41) is 0. The van der Waals surface area contributed by atoms with Crippen molar-refractivity contribution in [3.8, 4) is 0 Å². The van der Waals surface area contributed by atoms with E-state index in [0.717, 1.165) is 43.9 Å². The fourth-order valence-electron chi connectivity index (χ4n) is 3.57. The van der Waals surface area contributed by atoms with Crippen LogP contribution < -0.4 is 0 Å². The Labute approximate surface area is 150 Å². The summed E-state index contributed by atoms with van der Waals surface area (Å²) in [6.07, 6.45) is 1.04. The fraction of sp³-hybridized carbons (Fsp3) is 0.526. The van der Waals surface area contributed by atoms with Crippen molar-refractivity contribution in [2.24, 2.45) is 0 Å². The summed E-state index contributed by atoms with van der Waals surface area (Å²) >= 11 is 0. The molecule has 1 aromatic heterocycles. The van der Waals surface area contributed by atoms with Crippen LogP contribution in [0.3, 0.4) is 0 Å². The molecule has 1 aliphatic heterocycles. The molecule has 142 valence electrons. The Morgan fingerprint density at radius 1 is 1.19 bits per heavy atom. The highest BCUT2D eigenvalue weighted by Crippen LogP contribution is 2.32. The zero-order valence-corrected chi connectivity index (χ0v) is 14.9. The Kier molecular flexibility index (Phi) is 5.37. The van der Waals surface area contributed by atoms with Gasteiger partial charge in [-0.25, -0.2) is 9.37 Å². The van der Waals surface area contributed by atoms with E-state index in [4.69, 9.17) is 0 Å². The van der Waals surface area contributed by atoms with Crippen molar-refractivity contribution in [2.75, 3.05) is 13.1 Å². The summed E-state index contributed by atoms with van der Waals surface area (Å²) in [7, 11) is 0. The second-order valence-electron chi connectivity index (χ2n) is 7.15. The number of imidazole rings is 1. The molecule has 0 spiro atoms. The molecule has 26 heavy (non-hydrogen) atoms. The molecule has 1 fully saturated rings. The third kappa shape index (κ3) is 4.09. The van der Waals surface area contributed by atoms with Gasteiger partial charge < -0.3 is 4.57 Å². The first-order valence-corrected chi connectivity index (χ1v) is 8.86. The van der Waals surface area contributed by atoms with Gasteiger partial charge in [-0.05, 0) is 57.5 Å². The van der Waals surface area contributed by atoms with Crippen molar-refractivity contribution in [2.45, 2.75) is 51.4 Å². The first-order valence-electron chi connectivity index (χ1n) is 8.86. The van der Waals surface area contributed by atoms with Crippen LogP contribution in [0.4, 0.5) is 17.6 Å². The van der Waals surface area contributed by atoms with Gasteiger partial charge >= 0.3 is 6.18 Å². The molecular formula is C19H23F4N3. The molecule has 1 saturated heterocycles. The van der Waals surface area contributed by atoms with E-state index in [1.165, 1.54) is 6.07 Å². The molecule has 0 N–H and O–H groups in total. The number of halogens is 4. The third-order valence-electron chi connectivity index (χ3n) is 4.95. The van der Waals surface area contributed by atoms with Crippen molar-refractivity contribution >= 4 is 0 Å². The molecule has 0 radical (unpaired) electrons. The predicted molar refractivity (Wildman–Crippen MR) is 91.3 cm³/mol. The average Bonchev–Trinajstić information content (AvgIpc) is 3.04. The van der Waals surface area contributed by atoms with Gasteiger partial charge in [-0.3, -0.25) is 4.90 Å². The molecule has 0 unspecified atom stereocenters. The smallest absolute Gasteiger partial charge is 0.332 e. The van der Waals surface area contributed by atoms with Gasteiger partial charge in [0.15, 0.2) is 0 Å². The van der Waals surface area contributed by atoms with Crippen LogP contribution in [0.15, 0.2) is 30.6 Å². The van der Waals surface area contributed by atoms with Gasteiger partial charge in [0.25, 0.3) is 0 Å². The van der Waals surface area contributed by atoms with Crippen LogP contribution in [-0.2, 0) is 12.7 Å². The lowest BCUT2D eigenvalue weighted by atomic mass is 9.95. The second kappa shape index (κ2) is 7.39. The van der Waals surface area contributed by atoms with Crippen molar-refractivity contribution in [3.05, 3.63) is 53.4 Å². The van der Waals surface area contributed by atoms with E-state index in [1.54, 1.807) is 0 Å². The van der Waals surface area contributed by atoms with Gasteiger partial charge in [0, 0.05) is 30.9 Å². The molecule has 0 saturated carbocycles. The van der Waals surface area contributed by atoms with E-state index in [-0.39, 0.29) is 0 Å². The molecule has 1 aliphatic rings. The summed E-state index contributed by atoms with van der Waals surface area (Å²) in [5.74, 6) is 0.275. The Balaban J connectivity index is 1.61. The third-order valence-corrected chi connectivity index (χ3v) is 4.95. The Morgan fingerprint density at radius 2 is 1.88 bits per heavy atom. The van der Waals surface area contributed by atoms with Crippen LogP contribution in [-0.4, -0.2) is 27.5 Å². The SMILES string of the molecule is CC(C)n1ccnc1C1CCN(Cc2ccc(C(F)(F)F)c(F)c2)CC1. The summed E-state index contributed by atoms with van der Waals surface area (Å²) in [6.45, 7) is 6.34. The van der Waals surface area contributed by atoms with Crippen molar-refractivity contribution in [1.29, 1.82) is 0 Å². The lowest BCUT2D eigenvalue weighted by Gasteiger charge is -2.32. The summed E-state index contributed by atoms with van der Waals surface area (Å²) < 4.78 is 53.8. The molecule has 2 aromatic rings. The molecule has 1 aromatic carbocycles. The Morgan fingerprint density at radius 3 is 2.46 bits per heavy atom. The fourth-order valence-corrected chi connectivity index (χ4v) is 3.57. The number of benzene rings is 1. The molecule has 0 aliphatic carbocycles. The van der Waals surface area contributed by atoms with Gasteiger partial charge in [-0.2, -0.15) is 13.2 Å². The molecule has 3 nitrogen and oxygen atoms in total. The number of hydrogen-bond donors (Lipinski definition) is 0. The Bertz CT molecular complexity index is 743. The van der Waals surface area contributed by atoms with Gasteiger partial charge in [0.2, 0.25) is 0 Å². The van der Waals surface area contributed by atoms with Gasteiger partial charge in [0.05, 0.1) is 5.56 Å². The maximum atomic E-state index is 13.7. The molecular weight excluding hydrogens is 346 g/mol. The van der Waals surface area contributed by atoms with E-state index >= 15 is 0 Å². The minimum atomic E-state index is -4.65. The van der Waals surface area contributed by atoms with E-state index in [9.17, 15) is 17.6 Å². The van der Waals surface area contributed by atoms with E-state index < -0.39 is 17.6 Å². The molecule has 0 bridgehead atoms. The monoisotopic (exact) mass is 369 g/mol. The lowest BCUT2D eigenvalue weighted by molar-refractivity contribution is -0.140. The van der Waals surface area contributed by atoms with Gasteiger partial charge in [-0.15, -0.1) is 0 Å². The number of likely N-dealkylation sites (tertiary alicyclic amines) is 1. The van der Waals surface area contributed by atoms with Crippen LogP contribution in [0.5, 0.6) is 0 Å². The predicted octanol–water partition coefficient (Wildman–Crippen LogP) is 5.00. The van der Waals surface area contributed by atoms with E-state index in [2.05, 4.69) is 28.3 Å². The maximum absolute atomic E-state index is 13.7. The quantitative estimate of drug-likeness (QED) is 0.707. The van der Waals surface area contributed by atoms with E-state index in [0.29, 0.717) is 24.1 Å². The maximum Gasteiger partial charge on any atom is 0.419 e. The first kappa shape index (κ1) is 18.9. The number of piperidine rings is 1. The minimum Gasteiger partial charge on any atom is -0.332 e. The van der Waals surface area contributed by atoms with E-state index in [1.807, 2.05) is 12.4 Å². The normalized spacial score (nSPS) is 17.2. The number of hydrogen-bond acceptors (Lipinski definition) is 2. The zero-order chi connectivity index (χ0) is 18.9. The standard InChI is InChI=1S/C19H23F4N3/c1-13(2)26-10-7-24-18(26)15-5-8-25(9-6-15)12-14-3-4-16(17(20)11-14)19(21,22)23/h3-4,7,10-11,13,15H,5-6,8-9,12H2,1-2H3. The number of alkyl halides is 3. The molecule has 0 amide bonds. The number of rotatable bonds is 4. The summed E-state index contributed by atoms with van der Waals surface area (Å²) in [4.78, 5) is 6.66. The molecule has 3 rings (SSSR count). The molecule has 0 atom stereocenters. The average molecular weight is 369 g/mol. The lowest BCUT2D eigenvalue weighted by Crippen LogP contribution is -2.33. The number of aromatic nitrogens is 2. The van der Waals surface area contributed by atoms with Crippen LogP contribution in [0, 0.1) is 5.82 Å². The highest BCUT2D eigenvalue weighted by Gasteiger charge is 2.34. The Hall–Kier alpha value is -1.89. The molecule has 2 heterocycles. The van der Waals surface area contributed by atoms with Crippen molar-refractivity contribution < 1.29 is 17.6 Å². The number of nitrogens with zero attached hydrogens (tertiary/aromatic N) is 3. The summed E-state index contributed by atoms with van der Waals surface area (Å²) in [5.41, 5.74) is -0.641. The molecule has 7 heteroatoms. The zero-order valence-electron chi connectivity index (χ0n) is 14.9. The van der Waals surface area contributed by atoms with Gasteiger partial charge in [-0.1, -0.05) is 6.07 Å². The van der Waals surface area contributed by atoms with Crippen LogP contribution >= 0.6 is 0 Å². The van der Waals surface area contributed by atoms with Crippen molar-refractivity contribution in [3.63, 3.8) is 0 Å². The highest BCUT2D eigenvalue weighted by atomic mass is 19.4. The largest absolute Gasteiger partial charge is 0.419 e. The second-order valence-corrected chi connectivity index (χ2v) is 7.15. The van der Waals surface area contributed by atoms with Crippen LogP contribution in [0.25, 0.3) is 0 Å². The van der Waals surface area contributed by atoms with Crippen LogP contribution in [0.2, 0.25) is 0 Å². The van der Waals surface area contributed by atoms with Gasteiger partial charge in [0.1, 0.15) is 11.6 Å². The minimum absolute atomic E-state index is 0.362. The van der Waals surface area contributed by atoms with Crippen molar-refractivity contribution in [1.82, 2.24) is 14.5 Å².